The van der Waals surface area contributed by atoms with E-state index in [1.807, 2.05) is 27.2 Å². The second kappa shape index (κ2) is 46.8. The SMILES string of the molecule is CC/C=C\C/C=C\C/C=C\C/C=C\C/C=C\CCCC(=O)OC(COC(=O)CCCCCCCCCCCCCCCCCCCCCCCCCC)COP(=O)(O)OCC[N+](C)(C)C. The molecular formula is C55H101NO8P+. The van der Waals surface area contributed by atoms with E-state index in [4.69, 9.17) is 18.5 Å². The third-order valence-corrected chi connectivity index (χ3v) is 12.3. The monoisotopic (exact) mass is 935 g/mol. The summed E-state index contributed by atoms with van der Waals surface area (Å²) in [5.74, 6) is -0.861. The Morgan fingerprint density at radius 2 is 0.877 bits per heavy atom. The number of hydrogen-bond acceptors (Lipinski definition) is 7. The van der Waals surface area contributed by atoms with E-state index in [9.17, 15) is 19.0 Å². The predicted molar refractivity (Wildman–Crippen MR) is 275 cm³/mol. The Labute approximate surface area is 400 Å². The van der Waals surface area contributed by atoms with Gasteiger partial charge in [-0.25, -0.2) is 4.57 Å². The molecule has 0 heterocycles. The fraction of sp³-hybridized carbons (Fsp3) is 0.782. The number of esters is 2. The summed E-state index contributed by atoms with van der Waals surface area (Å²) in [7, 11) is 1.44. The molecule has 0 aliphatic heterocycles. The van der Waals surface area contributed by atoms with Crippen LogP contribution in [0.1, 0.15) is 226 Å². The minimum absolute atomic E-state index is 0.0199. The van der Waals surface area contributed by atoms with Gasteiger partial charge in [0.05, 0.1) is 27.7 Å². The van der Waals surface area contributed by atoms with Crippen LogP contribution in [-0.2, 0) is 32.7 Å². The summed E-state index contributed by atoms with van der Waals surface area (Å²) in [5, 5.41) is 0. The molecule has 65 heavy (non-hydrogen) atoms. The van der Waals surface area contributed by atoms with Gasteiger partial charge in [-0.2, -0.15) is 0 Å². The van der Waals surface area contributed by atoms with Crippen LogP contribution in [0.25, 0.3) is 0 Å². The molecule has 0 aliphatic rings. The van der Waals surface area contributed by atoms with Crippen LogP contribution in [0.5, 0.6) is 0 Å². The highest BCUT2D eigenvalue weighted by Gasteiger charge is 2.27. The average Bonchev–Trinajstić information content (AvgIpc) is 3.26. The average molecular weight is 935 g/mol. The molecule has 0 aromatic heterocycles. The number of nitrogens with zero attached hydrogens (tertiary/aromatic N) is 1. The molecule has 10 heteroatoms. The summed E-state index contributed by atoms with van der Waals surface area (Å²) >= 11 is 0. The van der Waals surface area contributed by atoms with Gasteiger partial charge in [0.1, 0.15) is 19.8 Å². The fourth-order valence-electron chi connectivity index (χ4n) is 7.23. The van der Waals surface area contributed by atoms with Gasteiger partial charge >= 0.3 is 19.8 Å². The lowest BCUT2D eigenvalue weighted by Gasteiger charge is -2.24. The number of quaternary nitrogens is 1. The summed E-state index contributed by atoms with van der Waals surface area (Å²) in [5.41, 5.74) is 0. The van der Waals surface area contributed by atoms with Gasteiger partial charge in [0.25, 0.3) is 0 Å². The van der Waals surface area contributed by atoms with Crippen LogP contribution >= 0.6 is 7.82 Å². The number of carbonyl (C=O) groups is 2. The first-order valence-corrected chi connectivity index (χ1v) is 28.0. The van der Waals surface area contributed by atoms with Crippen molar-refractivity contribution < 1.29 is 42.1 Å². The smallest absolute Gasteiger partial charge is 0.462 e. The van der Waals surface area contributed by atoms with Gasteiger partial charge in [-0.1, -0.05) is 222 Å². The summed E-state index contributed by atoms with van der Waals surface area (Å²) in [4.78, 5) is 35.5. The lowest BCUT2D eigenvalue weighted by molar-refractivity contribution is -0.870. The summed E-state index contributed by atoms with van der Waals surface area (Å²) in [6.45, 7) is 4.27. The van der Waals surface area contributed by atoms with Crippen molar-refractivity contribution >= 4 is 19.8 Å². The fourth-order valence-corrected chi connectivity index (χ4v) is 7.97. The predicted octanol–water partition coefficient (Wildman–Crippen LogP) is 16.0. The van der Waals surface area contributed by atoms with Gasteiger partial charge in [-0.05, 0) is 51.4 Å². The molecule has 9 nitrogen and oxygen atoms in total. The van der Waals surface area contributed by atoms with Crippen molar-refractivity contribution in [3.63, 3.8) is 0 Å². The van der Waals surface area contributed by atoms with E-state index < -0.39 is 26.5 Å². The first-order chi connectivity index (χ1) is 31.5. The van der Waals surface area contributed by atoms with Gasteiger partial charge in [0.15, 0.2) is 6.10 Å². The molecular weight excluding hydrogens is 834 g/mol. The minimum atomic E-state index is -4.40. The molecule has 0 saturated carbocycles. The van der Waals surface area contributed by atoms with Crippen LogP contribution in [0.4, 0.5) is 0 Å². The Morgan fingerprint density at radius 3 is 1.29 bits per heavy atom. The van der Waals surface area contributed by atoms with E-state index >= 15 is 0 Å². The van der Waals surface area contributed by atoms with Crippen molar-refractivity contribution in [1.82, 2.24) is 0 Å². The molecule has 0 bridgehead atoms. The lowest BCUT2D eigenvalue weighted by atomic mass is 10.0. The van der Waals surface area contributed by atoms with Crippen LogP contribution in [0.3, 0.4) is 0 Å². The quantitative estimate of drug-likeness (QED) is 0.0211. The molecule has 0 amide bonds. The zero-order valence-electron chi connectivity index (χ0n) is 42.7. The van der Waals surface area contributed by atoms with Crippen LogP contribution in [0.15, 0.2) is 60.8 Å². The molecule has 2 atom stereocenters. The highest BCUT2D eigenvalue weighted by molar-refractivity contribution is 7.47. The molecule has 2 unspecified atom stereocenters. The number of ether oxygens (including phenoxy) is 2. The Morgan fingerprint density at radius 1 is 0.492 bits per heavy atom. The Hall–Kier alpha value is -2.29. The standard InChI is InChI=1S/C55H100NO8P/c1-6-8-10-12-14-16-18-20-22-24-25-26-27-28-29-30-32-33-35-37-39-41-43-45-47-54(57)61-51-53(52-63-65(59,60)62-50-49-56(3,4)5)64-55(58)48-46-44-42-40-38-36-34-31-23-21-19-17-15-13-11-9-7-2/h9,11,15,17,21,23,34,36,40,42,53H,6-8,10,12-14,16,18-20,22,24-33,35,37-39,41,43-52H2,1-5H3/p+1/b11-9-,17-15-,23-21-,36-34-,42-40-. The number of likely N-dealkylation sites (N-methyl/N-ethyl adjacent to an activating group) is 1. The Balaban J connectivity index is 4.24. The highest BCUT2D eigenvalue weighted by atomic mass is 31.2. The highest BCUT2D eigenvalue weighted by Crippen LogP contribution is 2.43. The number of phosphoric ester groups is 1. The van der Waals surface area contributed by atoms with E-state index in [0.717, 1.165) is 51.4 Å². The Kier molecular flexibility index (Phi) is 45.2. The number of rotatable bonds is 48. The summed E-state index contributed by atoms with van der Waals surface area (Å²) in [6, 6.07) is 0. The molecule has 0 aromatic rings. The van der Waals surface area contributed by atoms with Crippen molar-refractivity contribution in [3.8, 4) is 0 Å². The van der Waals surface area contributed by atoms with E-state index in [2.05, 4.69) is 68.5 Å². The number of unbranched alkanes of at least 4 members (excludes halogenated alkanes) is 24. The molecule has 0 aromatic carbocycles. The van der Waals surface area contributed by atoms with E-state index in [-0.39, 0.29) is 32.0 Å². The Bertz CT molecular complexity index is 1290. The largest absolute Gasteiger partial charge is 0.472 e. The summed E-state index contributed by atoms with van der Waals surface area (Å²) in [6.07, 6.45) is 58.7. The van der Waals surface area contributed by atoms with Crippen LogP contribution < -0.4 is 0 Å². The van der Waals surface area contributed by atoms with Crippen molar-refractivity contribution in [3.05, 3.63) is 60.8 Å². The maximum atomic E-state index is 12.7. The molecule has 0 spiro atoms. The number of allylic oxidation sites excluding steroid dienone is 10. The first kappa shape index (κ1) is 62.7. The first-order valence-electron chi connectivity index (χ1n) is 26.5. The van der Waals surface area contributed by atoms with Crippen molar-refractivity contribution in [2.24, 2.45) is 0 Å². The van der Waals surface area contributed by atoms with Crippen molar-refractivity contribution in [2.45, 2.75) is 232 Å². The summed E-state index contributed by atoms with van der Waals surface area (Å²) < 4.78 is 34.4. The minimum Gasteiger partial charge on any atom is -0.462 e. The maximum Gasteiger partial charge on any atom is 0.472 e. The van der Waals surface area contributed by atoms with Gasteiger partial charge in [0, 0.05) is 12.8 Å². The molecule has 0 radical (unpaired) electrons. The van der Waals surface area contributed by atoms with Gasteiger partial charge in [-0.3, -0.25) is 18.6 Å². The number of carbonyl (C=O) groups excluding carboxylic acids is 2. The molecule has 378 valence electrons. The van der Waals surface area contributed by atoms with Gasteiger partial charge in [0.2, 0.25) is 0 Å². The van der Waals surface area contributed by atoms with E-state index in [1.165, 1.54) is 135 Å². The van der Waals surface area contributed by atoms with Gasteiger partial charge in [-0.15, -0.1) is 0 Å². The molecule has 0 rings (SSSR count). The number of phosphoric acid groups is 1. The van der Waals surface area contributed by atoms with Crippen LogP contribution in [0, 0.1) is 0 Å². The van der Waals surface area contributed by atoms with Crippen LogP contribution in [0.2, 0.25) is 0 Å². The van der Waals surface area contributed by atoms with E-state index in [1.54, 1.807) is 0 Å². The maximum absolute atomic E-state index is 12.7. The molecule has 0 saturated heterocycles. The van der Waals surface area contributed by atoms with Crippen molar-refractivity contribution in [2.75, 3.05) is 47.5 Å². The zero-order valence-corrected chi connectivity index (χ0v) is 43.6. The van der Waals surface area contributed by atoms with Gasteiger partial charge < -0.3 is 18.9 Å². The zero-order chi connectivity index (χ0) is 47.8. The lowest BCUT2D eigenvalue weighted by Crippen LogP contribution is -2.37. The van der Waals surface area contributed by atoms with Crippen molar-refractivity contribution in [1.29, 1.82) is 0 Å². The third-order valence-electron chi connectivity index (χ3n) is 11.3. The second-order valence-corrected chi connectivity index (χ2v) is 20.3. The van der Waals surface area contributed by atoms with Crippen LogP contribution in [-0.4, -0.2) is 74.9 Å². The number of hydrogen-bond donors (Lipinski definition) is 1. The molecule has 0 aliphatic carbocycles. The molecule has 0 fully saturated rings. The normalized spacial score (nSPS) is 13.9. The third kappa shape index (κ3) is 51.0. The topological polar surface area (TPSA) is 108 Å². The molecule has 1 N–H and O–H groups in total. The second-order valence-electron chi connectivity index (χ2n) is 18.9. The van der Waals surface area contributed by atoms with E-state index in [0.29, 0.717) is 23.9 Å².